The van der Waals surface area contributed by atoms with Gasteiger partial charge >= 0.3 is 0 Å². The van der Waals surface area contributed by atoms with Gasteiger partial charge in [0.1, 0.15) is 5.82 Å². The second-order valence-electron chi connectivity index (χ2n) is 2.78. The topological polar surface area (TPSA) is 21.3 Å². The van der Waals surface area contributed by atoms with E-state index in [1.165, 1.54) is 6.07 Å². The first-order chi connectivity index (χ1) is 6.75. The highest BCUT2D eigenvalue weighted by Gasteiger charge is 2.04. The number of hydrogen-bond acceptors (Lipinski definition) is 2. The zero-order valence-corrected chi connectivity index (χ0v) is 8.77. The van der Waals surface area contributed by atoms with E-state index in [0.29, 0.717) is 25.4 Å². The predicted octanol–water partition coefficient (Wildman–Crippen LogP) is 2.56. The molecule has 0 amide bonds. The molecule has 1 aromatic rings. The summed E-state index contributed by atoms with van der Waals surface area (Å²) in [6.07, 6.45) is 0. The van der Waals surface area contributed by atoms with Gasteiger partial charge in [0.05, 0.1) is 11.8 Å². The fourth-order valence-electron chi connectivity index (χ4n) is 1.04. The number of benzene rings is 1. The Hall–Kier alpha value is -0.640. The maximum Gasteiger partial charge on any atom is 0.146 e. The van der Waals surface area contributed by atoms with Crippen LogP contribution in [0.1, 0.15) is 12.5 Å². The van der Waals surface area contributed by atoms with E-state index in [0.717, 1.165) is 0 Å². The Labute approximate surface area is 88.0 Å². The molecule has 0 heterocycles. The fourth-order valence-corrected chi connectivity index (χ4v) is 1.24. The Morgan fingerprint density at radius 1 is 1.50 bits per heavy atom. The summed E-state index contributed by atoms with van der Waals surface area (Å²) in [4.78, 5) is 0. The van der Waals surface area contributed by atoms with Crippen molar-refractivity contribution in [3.05, 3.63) is 34.6 Å². The zero-order valence-electron chi connectivity index (χ0n) is 8.02. The molecule has 0 aromatic heterocycles. The average molecular weight is 218 g/mol. The third-order valence-electron chi connectivity index (χ3n) is 1.76. The van der Waals surface area contributed by atoms with E-state index in [1.54, 1.807) is 12.1 Å². The van der Waals surface area contributed by atoms with Gasteiger partial charge in [0.25, 0.3) is 0 Å². The van der Waals surface area contributed by atoms with Crippen LogP contribution >= 0.6 is 11.6 Å². The molecule has 0 bridgehead atoms. The number of hydrogen-bond donors (Lipinski definition) is 1. The Morgan fingerprint density at radius 2 is 2.29 bits per heavy atom. The predicted molar refractivity (Wildman–Crippen MR) is 54.7 cm³/mol. The molecule has 0 radical (unpaired) electrons. The lowest BCUT2D eigenvalue weighted by atomic mass is 10.2. The van der Waals surface area contributed by atoms with Crippen molar-refractivity contribution in [2.24, 2.45) is 0 Å². The van der Waals surface area contributed by atoms with Crippen molar-refractivity contribution in [3.8, 4) is 0 Å². The molecule has 0 unspecified atom stereocenters. The van der Waals surface area contributed by atoms with Crippen molar-refractivity contribution in [1.82, 2.24) is 5.32 Å². The molecule has 0 aliphatic carbocycles. The summed E-state index contributed by atoms with van der Waals surface area (Å²) < 4.78 is 18.4. The molecule has 1 N–H and O–H groups in total. The molecular formula is C10H13ClFNO. The van der Waals surface area contributed by atoms with Crippen molar-refractivity contribution in [1.29, 1.82) is 0 Å². The van der Waals surface area contributed by atoms with Gasteiger partial charge in [0.15, 0.2) is 0 Å². The van der Waals surface area contributed by atoms with E-state index in [1.807, 2.05) is 6.92 Å². The van der Waals surface area contributed by atoms with Crippen molar-refractivity contribution >= 4 is 11.6 Å². The van der Waals surface area contributed by atoms with Gasteiger partial charge in [0.2, 0.25) is 0 Å². The molecule has 0 saturated heterocycles. The van der Waals surface area contributed by atoms with Crippen molar-refractivity contribution in [3.63, 3.8) is 0 Å². The summed E-state index contributed by atoms with van der Waals surface area (Å²) in [6, 6.07) is 4.95. The average Bonchev–Trinajstić information content (AvgIpc) is 2.19. The lowest BCUT2D eigenvalue weighted by Gasteiger charge is -2.06. The Bertz CT molecular complexity index is 293. The number of rotatable bonds is 5. The van der Waals surface area contributed by atoms with E-state index in [2.05, 4.69) is 5.32 Å². The Kier molecular flexibility index (Phi) is 4.87. The van der Waals surface area contributed by atoms with E-state index in [9.17, 15) is 4.39 Å². The zero-order chi connectivity index (χ0) is 10.4. The summed E-state index contributed by atoms with van der Waals surface area (Å²) in [5.41, 5.74) is 0.553. The minimum absolute atomic E-state index is 0.153. The number of halogens is 2. The maximum atomic E-state index is 13.3. The van der Waals surface area contributed by atoms with Gasteiger partial charge in [0, 0.05) is 18.7 Å². The van der Waals surface area contributed by atoms with Gasteiger partial charge in [-0.15, -0.1) is 0 Å². The molecule has 4 heteroatoms. The first-order valence-corrected chi connectivity index (χ1v) is 4.85. The van der Waals surface area contributed by atoms with Crippen LogP contribution in [-0.4, -0.2) is 13.3 Å². The summed E-state index contributed by atoms with van der Waals surface area (Å²) in [5.74, 6) is -0.363. The molecular weight excluding hydrogens is 205 g/mol. The molecule has 1 aromatic carbocycles. The molecule has 0 saturated carbocycles. The third kappa shape index (κ3) is 3.25. The molecule has 78 valence electrons. The van der Waals surface area contributed by atoms with Crippen molar-refractivity contribution < 1.29 is 9.13 Å². The highest BCUT2D eigenvalue weighted by atomic mass is 35.5. The highest BCUT2D eigenvalue weighted by Crippen LogP contribution is 2.17. The second-order valence-corrected chi connectivity index (χ2v) is 3.18. The van der Waals surface area contributed by atoms with E-state index in [4.69, 9.17) is 16.3 Å². The van der Waals surface area contributed by atoms with Crippen LogP contribution in [0.25, 0.3) is 0 Å². The third-order valence-corrected chi connectivity index (χ3v) is 2.05. The minimum atomic E-state index is -0.363. The van der Waals surface area contributed by atoms with Gasteiger partial charge in [-0.25, -0.2) is 4.39 Å². The summed E-state index contributed by atoms with van der Waals surface area (Å²) in [5, 5.41) is 3.10. The molecule has 0 fully saturated rings. The molecule has 0 aliphatic rings. The summed E-state index contributed by atoms with van der Waals surface area (Å²) in [7, 11) is 0. The lowest BCUT2D eigenvalue weighted by molar-refractivity contribution is 0.127. The van der Waals surface area contributed by atoms with Crippen LogP contribution in [0.2, 0.25) is 5.02 Å². The van der Waals surface area contributed by atoms with Crippen LogP contribution in [0, 0.1) is 5.82 Å². The van der Waals surface area contributed by atoms with Gasteiger partial charge < -0.3 is 4.74 Å². The number of ether oxygens (including phenoxy) is 1. The van der Waals surface area contributed by atoms with Gasteiger partial charge in [-0.05, 0) is 13.0 Å². The van der Waals surface area contributed by atoms with Crippen LogP contribution in [0.5, 0.6) is 0 Å². The van der Waals surface area contributed by atoms with E-state index < -0.39 is 0 Å². The molecule has 0 spiro atoms. The summed E-state index contributed by atoms with van der Waals surface area (Å²) in [6.45, 7) is 3.39. The first kappa shape index (κ1) is 11.4. The van der Waals surface area contributed by atoms with Crippen molar-refractivity contribution in [2.45, 2.75) is 13.5 Å². The lowest BCUT2D eigenvalue weighted by Crippen LogP contribution is -2.18. The fraction of sp³-hybridized carbons (Fsp3) is 0.400. The van der Waals surface area contributed by atoms with Gasteiger partial charge in [-0.1, -0.05) is 23.7 Å². The quantitative estimate of drug-likeness (QED) is 0.605. The first-order valence-electron chi connectivity index (χ1n) is 4.47. The van der Waals surface area contributed by atoms with E-state index >= 15 is 0 Å². The SMILES string of the molecule is CCOCNCc1cccc(Cl)c1F. The van der Waals surface area contributed by atoms with Crippen LogP contribution < -0.4 is 5.32 Å². The van der Waals surface area contributed by atoms with Gasteiger partial charge in [-0.2, -0.15) is 0 Å². The Morgan fingerprint density at radius 3 is 3.00 bits per heavy atom. The highest BCUT2D eigenvalue weighted by molar-refractivity contribution is 6.30. The second kappa shape index (κ2) is 5.96. The van der Waals surface area contributed by atoms with Crippen LogP contribution in [0.3, 0.4) is 0 Å². The van der Waals surface area contributed by atoms with E-state index in [-0.39, 0.29) is 10.8 Å². The van der Waals surface area contributed by atoms with Crippen LogP contribution in [0.4, 0.5) is 4.39 Å². The standard InChI is InChI=1S/C10H13ClFNO/c1-2-14-7-13-6-8-4-3-5-9(11)10(8)12/h3-5,13H,2,6-7H2,1H3. The minimum Gasteiger partial charge on any atom is -0.367 e. The molecule has 14 heavy (non-hydrogen) atoms. The molecule has 1 rings (SSSR count). The summed E-state index contributed by atoms with van der Waals surface area (Å²) >= 11 is 5.62. The Balaban J connectivity index is 2.46. The van der Waals surface area contributed by atoms with Crippen LogP contribution in [0.15, 0.2) is 18.2 Å². The van der Waals surface area contributed by atoms with Crippen LogP contribution in [-0.2, 0) is 11.3 Å². The maximum absolute atomic E-state index is 13.3. The number of nitrogens with one attached hydrogen (secondary N) is 1. The normalized spacial score (nSPS) is 10.5. The molecule has 0 atom stereocenters. The van der Waals surface area contributed by atoms with Crippen molar-refractivity contribution in [2.75, 3.05) is 13.3 Å². The monoisotopic (exact) mass is 217 g/mol. The molecule has 0 aliphatic heterocycles. The smallest absolute Gasteiger partial charge is 0.146 e. The molecule has 2 nitrogen and oxygen atoms in total. The largest absolute Gasteiger partial charge is 0.367 e. The van der Waals surface area contributed by atoms with Gasteiger partial charge in [-0.3, -0.25) is 5.32 Å².